The second kappa shape index (κ2) is 6.54. The molecular weight excluding hydrogens is 292 g/mol. The monoisotopic (exact) mass is 314 g/mol. The van der Waals surface area contributed by atoms with Crippen LogP contribution in [-0.2, 0) is 4.74 Å². The highest BCUT2D eigenvalue weighted by atomic mass is 16.5. The van der Waals surface area contributed by atoms with Crippen molar-refractivity contribution in [3.05, 3.63) is 54.1 Å². The smallest absolute Gasteiger partial charge is 0.356 e. The number of ether oxygens (including phenoxy) is 1. The van der Waals surface area contributed by atoms with E-state index in [2.05, 4.69) is 4.98 Å². The third-order valence-corrected chi connectivity index (χ3v) is 4.83. The molecule has 0 saturated heterocycles. The van der Waals surface area contributed by atoms with Crippen LogP contribution < -0.4 is 0 Å². The molecule has 1 saturated carbocycles. The maximum Gasteiger partial charge on any atom is 0.356 e. The molecule has 1 aromatic heterocycles. The van der Waals surface area contributed by atoms with Gasteiger partial charge in [0.25, 0.3) is 0 Å². The van der Waals surface area contributed by atoms with Gasteiger partial charge in [0.2, 0.25) is 0 Å². The zero-order valence-electron chi connectivity index (χ0n) is 13.3. The first-order chi connectivity index (χ1) is 11.2. The van der Waals surface area contributed by atoms with Gasteiger partial charge in [0, 0.05) is 5.41 Å². The van der Waals surface area contributed by atoms with Gasteiger partial charge in [0.1, 0.15) is 5.69 Å². The van der Waals surface area contributed by atoms with Gasteiger partial charge in [-0.1, -0.05) is 36.8 Å². The molecule has 0 aliphatic heterocycles. The number of benzene rings is 1. The van der Waals surface area contributed by atoms with Gasteiger partial charge < -0.3 is 14.4 Å². The Balaban J connectivity index is 1.71. The molecule has 3 rings (SSSR count). The maximum absolute atomic E-state index is 12.4. The minimum atomic E-state index is -0.384. The number of aliphatic hydroxyl groups is 1. The zero-order chi connectivity index (χ0) is 16.3. The van der Waals surface area contributed by atoms with Crippen LogP contribution in [0.1, 0.15) is 48.3 Å². The predicted molar refractivity (Wildman–Crippen MR) is 86.1 cm³/mol. The Morgan fingerprint density at radius 2 is 2.13 bits per heavy atom. The van der Waals surface area contributed by atoms with Gasteiger partial charge >= 0.3 is 5.97 Å². The molecule has 1 aliphatic rings. The highest BCUT2D eigenvalue weighted by Gasteiger charge is 2.38. The minimum absolute atomic E-state index is 0.00300. The highest BCUT2D eigenvalue weighted by Crippen LogP contribution is 2.40. The zero-order valence-corrected chi connectivity index (χ0v) is 13.3. The molecule has 2 aromatic rings. The summed E-state index contributed by atoms with van der Waals surface area (Å²) in [7, 11) is 0. The van der Waals surface area contributed by atoms with E-state index in [1.165, 1.54) is 6.20 Å². The van der Waals surface area contributed by atoms with Gasteiger partial charge in [0.05, 0.1) is 31.8 Å². The Labute approximate surface area is 135 Å². The lowest BCUT2D eigenvalue weighted by Crippen LogP contribution is -2.38. The third kappa shape index (κ3) is 3.15. The quantitative estimate of drug-likeness (QED) is 0.833. The maximum atomic E-state index is 12.4. The van der Waals surface area contributed by atoms with Gasteiger partial charge in [0.15, 0.2) is 0 Å². The summed E-state index contributed by atoms with van der Waals surface area (Å²) in [6.45, 7) is 2.36. The Morgan fingerprint density at radius 3 is 2.74 bits per heavy atom. The molecule has 0 radical (unpaired) electrons. The van der Waals surface area contributed by atoms with E-state index in [9.17, 15) is 9.90 Å². The van der Waals surface area contributed by atoms with Crippen LogP contribution in [-0.4, -0.2) is 33.8 Å². The normalized spacial score (nSPS) is 17.3. The number of hydrogen-bond acceptors (Lipinski definition) is 4. The number of nitrogens with zero attached hydrogens (tertiary/aromatic N) is 2. The van der Waals surface area contributed by atoms with Crippen LogP contribution >= 0.6 is 0 Å². The van der Waals surface area contributed by atoms with Gasteiger partial charge in [-0.2, -0.15) is 0 Å². The first-order valence-corrected chi connectivity index (χ1v) is 8.00. The number of rotatable bonds is 6. The van der Waals surface area contributed by atoms with E-state index in [0.29, 0.717) is 5.69 Å². The number of aromatic nitrogens is 2. The number of aliphatic hydroxyl groups excluding tert-OH is 1. The molecule has 0 amide bonds. The van der Waals surface area contributed by atoms with Crippen molar-refractivity contribution in [1.82, 2.24) is 9.55 Å². The van der Waals surface area contributed by atoms with Gasteiger partial charge in [-0.25, -0.2) is 9.78 Å². The molecule has 122 valence electrons. The van der Waals surface area contributed by atoms with E-state index in [-0.39, 0.29) is 30.6 Å². The van der Waals surface area contributed by atoms with E-state index >= 15 is 0 Å². The van der Waals surface area contributed by atoms with Crippen LogP contribution in [0.15, 0.2) is 42.9 Å². The molecule has 1 N–H and O–H groups in total. The molecule has 1 aliphatic carbocycles. The second-order valence-corrected chi connectivity index (χ2v) is 6.36. The first-order valence-electron chi connectivity index (χ1n) is 8.00. The lowest BCUT2D eigenvalue weighted by atomic mass is 9.70. The van der Waals surface area contributed by atoms with Crippen LogP contribution in [0.25, 0.3) is 0 Å². The van der Waals surface area contributed by atoms with E-state index in [1.807, 2.05) is 41.8 Å². The SMILES string of the molecule is CC(c1ccccc1)n1cncc1C(=O)OCC1(CO)CCC1. The Kier molecular flexibility index (Phi) is 4.48. The van der Waals surface area contributed by atoms with Crippen molar-refractivity contribution in [2.45, 2.75) is 32.2 Å². The fraction of sp³-hybridized carbons (Fsp3) is 0.444. The topological polar surface area (TPSA) is 64.4 Å². The lowest BCUT2D eigenvalue weighted by molar-refractivity contribution is -0.0286. The molecule has 1 unspecified atom stereocenters. The molecule has 5 nitrogen and oxygen atoms in total. The molecule has 1 heterocycles. The van der Waals surface area contributed by atoms with Crippen molar-refractivity contribution in [3.8, 4) is 0 Å². The van der Waals surface area contributed by atoms with Crippen molar-refractivity contribution in [3.63, 3.8) is 0 Å². The fourth-order valence-corrected chi connectivity index (χ4v) is 2.98. The predicted octanol–water partition coefficient (Wildman–Crippen LogP) is 2.81. The summed E-state index contributed by atoms with van der Waals surface area (Å²) in [4.78, 5) is 16.5. The van der Waals surface area contributed by atoms with Crippen LogP contribution in [0.3, 0.4) is 0 Å². The van der Waals surface area contributed by atoms with Crippen molar-refractivity contribution >= 4 is 5.97 Å². The van der Waals surface area contributed by atoms with Crippen LogP contribution in [0.5, 0.6) is 0 Å². The summed E-state index contributed by atoms with van der Waals surface area (Å²) in [5.41, 5.74) is 1.31. The van der Waals surface area contributed by atoms with Gasteiger partial charge in [-0.15, -0.1) is 0 Å². The molecule has 1 fully saturated rings. The molecular formula is C18H22N2O3. The van der Waals surface area contributed by atoms with Crippen molar-refractivity contribution in [1.29, 1.82) is 0 Å². The van der Waals surface area contributed by atoms with Crippen molar-refractivity contribution < 1.29 is 14.6 Å². The largest absolute Gasteiger partial charge is 0.460 e. The lowest BCUT2D eigenvalue weighted by Gasteiger charge is -2.39. The standard InChI is InChI=1S/C18H22N2O3/c1-14(15-6-3-2-4-7-15)20-13-19-10-16(20)17(22)23-12-18(11-21)8-5-9-18/h2-4,6-7,10,13-14,21H,5,8-9,11-12H2,1H3. The van der Waals surface area contributed by atoms with Crippen molar-refractivity contribution in [2.75, 3.05) is 13.2 Å². The van der Waals surface area contributed by atoms with Gasteiger partial charge in [-0.05, 0) is 25.3 Å². The number of carbonyl (C=O) groups excluding carboxylic acids is 1. The molecule has 1 aromatic carbocycles. The minimum Gasteiger partial charge on any atom is -0.460 e. The Morgan fingerprint density at radius 1 is 1.39 bits per heavy atom. The number of carbonyl (C=O) groups is 1. The summed E-state index contributed by atoms with van der Waals surface area (Å²) in [6, 6.07) is 9.96. The van der Waals surface area contributed by atoms with E-state index in [1.54, 1.807) is 6.33 Å². The molecule has 0 bridgehead atoms. The van der Waals surface area contributed by atoms with Gasteiger partial charge in [-0.3, -0.25) is 0 Å². The highest BCUT2D eigenvalue weighted by molar-refractivity contribution is 5.87. The summed E-state index contributed by atoms with van der Waals surface area (Å²) >= 11 is 0. The summed E-state index contributed by atoms with van der Waals surface area (Å²) in [5, 5.41) is 9.46. The molecule has 23 heavy (non-hydrogen) atoms. The second-order valence-electron chi connectivity index (χ2n) is 6.36. The average Bonchev–Trinajstić information content (AvgIpc) is 3.04. The Bertz CT molecular complexity index is 656. The van der Waals surface area contributed by atoms with E-state index in [0.717, 1.165) is 24.8 Å². The first kappa shape index (κ1) is 15.7. The molecule has 0 spiro atoms. The number of esters is 1. The van der Waals surface area contributed by atoms with Crippen LogP contribution in [0.4, 0.5) is 0 Å². The summed E-state index contributed by atoms with van der Waals surface area (Å²) in [6.07, 6.45) is 6.10. The van der Waals surface area contributed by atoms with E-state index in [4.69, 9.17) is 4.74 Å². The average molecular weight is 314 g/mol. The molecule has 1 atom stereocenters. The summed E-state index contributed by atoms with van der Waals surface area (Å²) < 4.78 is 7.27. The summed E-state index contributed by atoms with van der Waals surface area (Å²) in [5.74, 6) is -0.384. The van der Waals surface area contributed by atoms with E-state index < -0.39 is 0 Å². The number of imidazole rings is 1. The number of hydrogen-bond donors (Lipinski definition) is 1. The third-order valence-electron chi connectivity index (χ3n) is 4.83. The van der Waals surface area contributed by atoms with Crippen LogP contribution in [0, 0.1) is 5.41 Å². The fourth-order valence-electron chi connectivity index (χ4n) is 2.98. The molecule has 5 heteroatoms. The van der Waals surface area contributed by atoms with Crippen molar-refractivity contribution in [2.24, 2.45) is 5.41 Å². The van der Waals surface area contributed by atoms with Crippen LogP contribution in [0.2, 0.25) is 0 Å². The Hall–Kier alpha value is -2.14.